The maximum atomic E-state index is 13.1. The predicted octanol–water partition coefficient (Wildman–Crippen LogP) is 2.65. The molecule has 28 heavy (non-hydrogen) atoms. The summed E-state index contributed by atoms with van der Waals surface area (Å²) in [7, 11) is 0. The van der Waals surface area contributed by atoms with Gasteiger partial charge in [-0.15, -0.1) is 0 Å². The molecule has 2 aliphatic rings. The standard InChI is InChI=1S/C20H24N4O4/c1-20(2,19-21-9-11-27-19)23-18(26)17-14(24-10-3-4-16(24)25)7-8-15(22-17)28-12-13-5-6-13/h7-9,11,13H,3-6,10,12H2,1-2H3,(H,23,26). The zero-order valence-electron chi connectivity index (χ0n) is 16.1. The van der Waals surface area contributed by atoms with Gasteiger partial charge in [-0.05, 0) is 45.1 Å². The van der Waals surface area contributed by atoms with Crippen LogP contribution >= 0.6 is 0 Å². The van der Waals surface area contributed by atoms with Crippen molar-refractivity contribution in [1.82, 2.24) is 15.3 Å². The van der Waals surface area contributed by atoms with Gasteiger partial charge in [0.25, 0.3) is 5.91 Å². The molecular weight excluding hydrogens is 360 g/mol. The number of nitrogens with one attached hydrogen (secondary N) is 1. The lowest BCUT2D eigenvalue weighted by atomic mass is 10.1. The minimum absolute atomic E-state index is 0.00513. The Bertz CT molecular complexity index is 874. The highest BCUT2D eigenvalue weighted by molar-refractivity contribution is 6.04. The molecule has 4 rings (SSSR count). The fraction of sp³-hybridized carbons (Fsp3) is 0.500. The smallest absolute Gasteiger partial charge is 0.273 e. The zero-order valence-corrected chi connectivity index (χ0v) is 16.1. The Morgan fingerprint density at radius 1 is 1.39 bits per heavy atom. The molecule has 0 bridgehead atoms. The quantitative estimate of drug-likeness (QED) is 0.788. The van der Waals surface area contributed by atoms with Crippen molar-refractivity contribution in [3.8, 4) is 5.88 Å². The molecule has 2 fully saturated rings. The van der Waals surface area contributed by atoms with Crippen LogP contribution in [0.5, 0.6) is 5.88 Å². The van der Waals surface area contributed by atoms with E-state index in [1.807, 2.05) is 0 Å². The summed E-state index contributed by atoms with van der Waals surface area (Å²) in [4.78, 5) is 35.5. The van der Waals surface area contributed by atoms with Gasteiger partial charge in [-0.2, -0.15) is 0 Å². The van der Waals surface area contributed by atoms with E-state index in [9.17, 15) is 9.59 Å². The largest absolute Gasteiger partial charge is 0.477 e. The molecule has 2 aromatic rings. The number of hydrogen-bond donors (Lipinski definition) is 1. The topological polar surface area (TPSA) is 97.6 Å². The molecule has 1 aliphatic carbocycles. The normalized spacial score (nSPS) is 17.1. The van der Waals surface area contributed by atoms with E-state index in [0.717, 1.165) is 19.3 Å². The van der Waals surface area contributed by atoms with Gasteiger partial charge >= 0.3 is 0 Å². The molecule has 1 saturated carbocycles. The number of aromatic nitrogens is 2. The second kappa shape index (κ2) is 7.26. The van der Waals surface area contributed by atoms with E-state index < -0.39 is 11.4 Å². The third-order valence-corrected chi connectivity index (χ3v) is 4.98. The first-order chi connectivity index (χ1) is 13.4. The Morgan fingerprint density at radius 2 is 2.21 bits per heavy atom. The maximum Gasteiger partial charge on any atom is 0.273 e. The lowest BCUT2D eigenvalue weighted by Gasteiger charge is -2.24. The molecule has 1 aliphatic heterocycles. The first-order valence-corrected chi connectivity index (χ1v) is 9.61. The molecule has 0 radical (unpaired) electrons. The van der Waals surface area contributed by atoms with Crippen LogP contribution in [-0.2, 0) is 10.3 Å². The molecule has 3 heterocycles. The van der Waals surface area contributed by atoms with Gasteiger partial charge in [-0.3, -0.25) is 9.59 Å². The number of rotatable bonds is 7. The highest BCUT2D eigenvalue weighted by Gasteiger charge is 2.32. The van der Waals surface area contributed by atoms with E-state index in [1.54, 1.807) is 30.9 Å². The van der Waals surface area contributed by atoms with Crippen molar-refractivity contribution < 1.29 is 18.7 Å². The molecular formula is C20H24N4O4. The third-order valence-electron chi connectivity index (χ3n) is 4.98. The van der Waals surface area contributed by atoms with Crippen molar-refractivity contribution in [2.24, 2.45) is 5.92 Å². The van der Waals surface area contributed by atoms with Crippen LogP contribution < -0.4 is 15.0 Å². The summed E-state index contributed by atoms with van der Waals surface area (Å²) in [5.41, 5.74) is -0.162. The average molecular weight is 384 g/mol. The fourth-order valence-electron chi connectivity index (χ4n) is 3.22. The number of carbonyl (C=O) groups is 2. The maximum absolute atomic E-state index is 13.1. The number of ether oxygens (including phenoxy) is 1. The Kier molecular flexibility index (Phi) is 4.78. The number of anilines is 1. The molecule has 148 valence electrons. The van der Waals surface area contributed by atoms with Gasteiger partial charge < -0.3 is 19.4 Å². The fourth-order valence-corrected chi connectivity index (χ4v) is 3.22. The molecule has 1 saturated heterocycles. The summed E-state index contributed by atoms with van der Waals surface area (Å²) in [5, 5.41) is 2.91. The van der Waals surface area contributed by atoms with Crippen LogP contribution in [0.1, 0.15) is 55.9 Å². The second-order valence-corrected chi connectivity index (χ2v) is 7.84. The minimum Gasteiger partial charge on any atom is -0.477 e. The van der Waals surface area contributed by atoms with Crippen LogP contribution in [0.15, 0.2) is 29.0 Å². The van der Waals surface area contributed by atoms with Crippen LogP contribution in [0.25, 0.3) is 0 Å². The van der Waals surface area contributed by atoms with Gasteiger partial charge in [0.2, 0.25) is 17.7 Å². The highest BCUT2D eigenvalue weighted by atomic mass is 16.5. The lowest BCUT2D eigenvalue weighted by Crippen LogP contribution is -2.42. The van der Waals surface area contributed by atoms with E-state index in [2.05, 4.69) is 15.3 Å². The first kappa shape index (κ1) is 18.5. The first-order valence-electron chi connectivity index (χ1n) is 9.61. The number of amides is 2. The molecule has 8 heteroatoms. The summed E-state index contributed by atoms with van der Waals surface area (Å²) in [6.07, 6.45) is 6.56. The monoisotopic (exact) mass is 384 g/mol. The van der Waals surface area contributed by atoms with Crippen LogP contribution in [0.3, 0.4) is 0 Å². The summed E-state index contributed by atoms with van der Waals surface area (Å²) in [6, 6.07) is 3.46. The molecule has 2 amide bonds. The van der Waals surface area contributed by atoms with E-state index in [1.165, 1.54) is 12.5 Å². The molecule has 0 spiro atoms. The second-order valence-electron chi connectivity index (χ2n) is 7.84. The van der Waals surface area contributed by atoms with Crippen molar-refractivity contribution in [1.29, 1.82) is 0 Å². The SMILES string of the molecule is CC(C)(NC(=O)c1nc(OCC2CC2)ccc1N1CCCC1=O)c1ncco1. The van der Waals surface area contributed by atoms with E-state index in [-0.39, 0.29) is 11.6 Å². The summed E-state index contributed by atoms with van der Waals surface area (Å²) < 4.78 is 11.1. The van der Waals surface area contributed by atoms with Crippen LogP contribution in [-0.4, -0.2) is 34.9 Å². The van der Waals surface area contributed by atoms with Crippen molar-refractivity contribution in [2.45, 2.75) is 45.1 Å². The predicted molar refractivity (Wildman–Crippen MR) is 101 cm³/mol. The van der Waals surface area contributed by atoms with Crippen molar-refractivity contribution >= 4 is 17.5 Å². The molecule has 1 N–H and O–H groups in total. The van der Waals surface area contributed by atoms with Gasteiger partial charge in [0, 0.05) is 19.0 Å². The number of hydrogen-bond acceptors (Lipinski definition) is 6. The van der Waals surface area contributed by atoms with Crippen LogP contribution in [0, 0.1) is 5.92 Å². The van der Waals surface area contributed by atoms with E-state index >= 15 is 0 Å². The van der Waals surface area contributed by atoms with E-state index in [0.29, 0.717) is 42.9 Å². The highest BCUT2D eigenvalue weighted by Crippen LogP contribution is 2.31. The number of nitrogens with zero attached hydrogens (tertiary/aromatic N) is 3. The van der Waals surface area contributed by atoms with Gasteiger partial charge in [0.15, 0.2) is 5.69 Å². The molecule has 8 nitrogen and oxygen atoms in total. The molecule has 0 unspecified atom stereocenters. The number of carbonyl (C=O) groups excluding carboxylic acids is 2. The molecule has 0 atom stereocenters. The number of oxazole rings is 1. The Hall–Kier alpha value is -2.90. The van der Waals surface area contributed by atoms with Gasteiger partial charge in [0.05, 0.1) is 18.5 Å². The molecule has 2 aromatic heterocycles. The lowest BCUT2D eigenvalue weighted by molar-refractivity contribution is -0.117. The average Bonchev–Trinajstić information content (AvgIpc) is 3.13. The Labute approximate surface area is 163 Å². The van der Waals surface area contributed by atoms with Crippen molar-refractivity contribution in [3.05, 3.63) is 36.2 Å². The minimum atomic E-state index is -0.834. The van der Waals surface area contributed by atoms with Gasteiger partial charge in [-0.25, -0.2) is 9.97 Å². The van der Waals surface area contributed by atoms with Crippen molar-refractivity contribution in [3.63, 3.8) is 0 Å². The van der Waals surface area contributed by atoms with Gasteiger partial charge in [0.1, 0.15) is 11.8 Å². The number of pyridine rings is 1. The van der Waals surface area contributed by atoms with Crippen molar-refractivity contribution in [2.75, 3.05) is 18.1 Å². The zero-order chi connectivity index (χ0) is 19.7. The Morgan fingerprint density at radius 3 is 2.86 bits per heavy atom. The molecule has 0 aromatic carbocycles. The third kappa shape index (κ3) is 3.85. The van der Waals surface area contributed by atoms with Gasteiger partial charge in [-0.1, -0.05) is 0 Å². The summed E-state index contributed by atoms with van der Waals surface area (Å²) >= 11 is 0. The van der Waals surface area contributed by atoms with Crippen LogP contribution in [0.4, 0.5) is 5.69 Å². The van der Waals surface area contributed by atoms with E-state index in [4.69, 9.17) is 9.15 Å². The summed E-state index contributed by atoms with van der Waals surface area (Å²) in [6.45, 7) is 4.76. The Balaban J connectivity index is 1.62. The summed E-state index contributed by atoms with van der Waals surface area (Å²) in [5.74, 6) is 0.939. The van der Waals surface area contributed by atoms with Crippen LogP contribution in [0.2, 0.25) is 0 Å².